The normalized spacial score (nSPS) is 11.2. The Hall–Kier alpha value is -1.84. The van der Waals surface area contributed by atoms with E-state index in [9.17, 15) is 9.59 Å². The molecule has 1 aromatic heterocycles. The number of hydrogen-bond donors (Lipinski definition) is 1. The average molecular weight is 218 g/mol. The molecule has 2 rings (SSSR count). The molecule has 4 heteroatoms. The smallest absolute Gasteiger partial charge is 0.306 e. The highest BCUT2D eigenvalue weighted by Gasteiger charge is 2.10. The average Bonchev–Trinajstić information content (AvgIpc) is 2.51. The van der Waals surface area contributed by atoms with Gasteiger partial charge in [0.05, 0.1) is 11.0 Å². The lowest BCUT2D eigenvalue weighted by molar-refractivity contribution is 0.101. The molecule has 16 heavy (non-hydrogen) atoms. The summed E-state index contributed by atoms with van der Waals surface area (Å²) in [5.74, 6) is 0.00542. The van der Waals surface area contributed by atoms with Crippen LogP contribution in [0.5, 0.6) is 0 Å². The maximum Gasteiger partial charge on any atom is 0.326 e. The van der Waals surface area contributed by atoms with Crippen molar-refractivity contribution in [3.8, 4) is 0 Å². The molecule has 2 aromatic rings. The van der Waals surface area contributed by atoms with Gasteiger partial charge in [-0.25, -0.2) is 4.79 Å². The number of Topliss-reactive ketones (excluding diaryl/α,β-unsaturated/α-hetero) is 1. The maximum absolute atomic E-state index is 11.7. The van der Waals surface area contributed by atoms with E-state index in [4.69, 9.17) is 0 Å². The van der Waals surface area contributed by atoms with Crippen molar-refractivity contribution in [2.24, 2.45) is 0 Å². The van der Waals surface area contributed by atoms with Gasteiger partial charge in [0.1, 0.15) is 0 Å². The van der Waals surface area contributed by atoms with Crippen molar-refractivity contribution in [3.05, 3.63) is 34.2 Å². The monoisotopic (exact) mass is 218 g/mol. The van der Waals surface area contributed by atoms with E-state index < -0.39 is 0 Å². The summed E-state index contributed by atoms with van der Waals surface area (Å²) in [7, 11) is 0. The Balaban J connectivity index is 2.79. The lowest BCUT2D eigenvalue weighted by Gasteiger charge is -2.07. The topological polar surface area (TPSA) is 54.9 Å². The second-order valence-corrected chi connectivity index (χ2v) is 4.18. The van der Waals surface area contributed by atoms with Crippen molar-refractivity contribution in [1.82, 2.24) is 9.55 Å². The molecule has 0 bridgehead atoms. The molecular weight excluding hydrogens is 204 g/mol. The number of rotatable bonds is 2. The predicted octanol–water partition coefficient (Wildman–Crippen LogP) is 2.11. The molecular formula is C12H14N2O2. The van der Waals surface area contributed by atoms with Gasteiger partial charge in [0.2, 0.25) is 0 Å². The zero-order valence-corrected chi connectivity index (χ0v) is 9.57. The molecule has 0 saturated carbocycles. The van der Waals surface area contributed by atoms with Crippen LogP contribution in [0.15, 0.2) is 23.0 Å². The van der Waals surface area contributed by atoms with Crippen molar-refractivity contribution >= 4 is 16.8 Å². The fourth-order valence-electron chi connectivity index (χ4n) is 1.85. The SMILES string of the molecule is CC(=O)c1ccc2[nH]c(=O)n(C(C)C)c2c1. The van der Waals surface area contributed by atoms with Crippen LogP contribution < -0.4 is 5.69 Å². The summed E-state index contributed by atoms with van der Waals surface area (Å²) in [4.78, 5) is 25.7. The number of imidazole rings is 1. The second kappa shape index (κ2) is 3.63. The van der Waals surface area contributed by atoms with Crippen LogP contribution in [-0.4, -0.2) is 15.3 Å². The summed E-state index contributed by atoms with van der Waals surface area (Å²) < 4.78 is 1.65. The molecule has 1 N–H and O–H groups in total. The zero-order chi connectivity index (χ0) is 11.9. The standard InChI is InChI=1S/C12H14N2O2/c1-7(2)14-11-6-9(8(3)15)4-5-10(11)13-12(14)16/h4-7H,1-3H3,(H,13,16). The van der Waals surface area contributed by atoms with Crippen molar-refractivity contribution in [1.29, 1.82) is 0 Å². The molecule has 0 spiro atoms. The molecule has 84 valence electrons. The third-order valence-corrected chi connectivity index (χ3v) is 2.64. The van der Waals surface area contributed by atoms with E-state index in [0.717, 1.165) is 11.0 Å². The lowest BCUT2D eigenvalue weighted by Crippen LogP contribution is -2.18. The first-order valence-electron chi connectivity index (χ1n) is 5.26. The van der Waals surface area contributed by atoms with Gasteiger partial charge in [-0.3, -0.25) is 9.36 Å². The van der Waals surface area contributed by atoms with Gasteiger partial charge < -0.3 is 4.98 Å². The summed E-state index contributed by atoms with van der Waals surface area (Å²) in [6.07, 6.45) is 0. The molecule has 1 aromatic carbocycles. The van der Waals surface area contributed by atoms with Gasteiger partial charge in [-0.1, -0.05) is 0 Å². The summed E-state index contributed by atoms with van der Waals surface area (Å²) in [5, 5.41) is 0. The molecule has 0 fully saturated rings. The first-order valence-corrected chi connectivity index (χ1v) is 5.26. The number of aromatic amines is 1. The highest BCUT2D eigenvalue weighted by atomic mass is 16.1. The van der Waals surface area contributed by atoms with Crippen LogP contribution in [-0.2, 0) is 0 Å². The van der Waals surface area contributed by atoms with Gasteiger partial charge in [0, 0.05) is 11.6 Å². The number of carbonyl (C=O) groups is 1. The van der Waals surface area contributed by atoms with Crippen molar-refractivity contribution in [2.75, 3.05) is 0 Å². The molecule has 0 unspecified atom stereocenters. The van der Waals surface area contributed by atoms with Crippen LogP contribution in [0.4, 0.5) is 0 Å². The Morgan fingerprint density at radius 1 is 1.38 bits per heavy atom. The summed E-state index contributed by atoms with van der Waals surface area (Å²) in [6.45, 7) is 5.40. The first-order chi connectivity index (χ1) is 7.50. The number of nitrogens with one attached hydrogen (secondary N) is 1. The number of benzene rings is 1. The number of carbonyl (C=O) groups excluding carboxylic acids is 1. The van der Waals surface area contributed by atoms with Gasteiger partial charge in [-0.05, 0) is 39.0 Å². The quantitative estimate of drug-likeness (QED) is 0.785. The van der Waals surface area contributed by atoms with Crippen LogP contribution >= 0.6 is 0 Å². The molecule has 0 aliphatic carbocycles. The third-order valence-electron chi connectivity index (χ3n) is 2.64. The van der Waals surface area contributed by atoms with Gasteiger partial charge in [0.15, 0.2) is 5.78 Å². The highest BCUT2D eigenvalue weighted by molar-refractivity contribution is 5.97. The van der Waals surface area contributed by atoms with E-state index in [-0.39, 0.29) is 17.5 Å². The number of H-pyrrole nitrogens is 1. The molecule has 0 radical (unpaired) electrons. The van der Waals surface area contributed by atoms with E-state index in [1.54, 1.807) is 22.8 Å². The Bertz CT molecular complexity index is 605. The molecule has 0 saturated heterocycles. The van der Waals surface area contributed by atoms with Gasteiger partial charge in [-0.2, -0.15) is 0 Å². The van der Waals surface area contributed by atoms with Crippen molar-refractivity contribution in [2.45, 2.75) is 26.8 Å². The predicted molar refractivity (Wildman–Crippen MR) is 62.9 cm³/mol. The van der Waals surface area contributed by atoms with Crippen LogP contribution in [0.25, 0.3) is 11.0 Å². The summed E-state index contributed by atoms with van der Waals surface area (Å²) in [6, 6.07) is 5.33. The zero-order valence-electron chi connectivity index (χ0n) is 9.57. The third kappa shape index (κ3) is 1.56. The van der Waals surface area contributed by atoms with Crippen LogP contribution in [0.1, 0.15) is 37.2 Å². The lowest BCUT2D eigenvalue weighted by atomic mass is 10.1. The first kappa shape index (κ1) is 10.7. The summed E-state index contributed by atoms with van der Waals surface area (Å²) >= 11 is 0. The van der Waals surface area contributed by atoms with E-state index in [1.165, 1.54) is 6.92 Å². The molecule has 0 aliphatic rings. The van der Waals surface area contributed by atoms with Crippen molar-refractivity contribution < 1.29 is 4.79 Å². The highest BCUT2D eigenvalue weighted by Crippen LogP contribution is 2.16. The number of ketones is 1. The molecule has 0 amide bonds. The van der Waals surface area contributed by atoms with E-state index in [0.29, 0.717) is 5.56 Å². The van der Waals surface area contributed by atoms with Crippen LogP contribution in [0.2, 0.25) is 0 Å². The number of nitrogens with zero attached hydrogens (tertiary/aromatic N) is 1. The molecule has 1 heterocycles. The Kier molecular flexibility index (Phi) is 2.42. The number of aromatic nitrogens is 2. The molecule has 4 nitrogen and oxygen atoms in total. The molecule has 0 aliphatic heterocycles. The van der Waals surface area contributed by atoms with Gasteiger partial charge >= 0.3 is 5.69 Å². The summed E-state index contributed by atoms with van der Waals surface area (Å²) in [5.41, 5.74) is 2.04. The van der Waals surface area contributed by atoms with Gasteiger partial charge in [0.25, 0.3) is 0 Å². The van der Waals surface area contributed by atoms with E-state index in [1.807, 2.05) is 13.8 Å². The van der Waals surface area contributed by atoms with E-state index in [2.05, 4.69) is 4.98 Å². The Labute approximate surface area is 92.9 Å². The van der Waals surface area contributed by atoms with Gasteiger partial charge in [-0.15, -0.1) is 0 Å². The Morgan fingerprint density at radius 3 is 2.62 bits per heavy atom. The van der Waals surface area contributed by atoms with Crippen LogP contribution in [0, 0.1) is 0 Å². The Morgan fingerprint density at radius 2 is 2.06 bits per heavy atom. The number of fused-ring (bicyclic) bond motifs is 1. The minimum Gasteiger partial charge on any atom is -0.306 e. The number of hydrogen-bond acceptors (Lipinski definition) is 2. The largest absolute Gasteiger partial charge is 0.326 e. The van der Waals surface area contributed by atoms with Crippen molar-refractivity contribution in [3.63, 3.8) is 0 Å². The minimum atomic E-state index is -0.134. The van der Waals surface area contributed by atoms with Crippen LogP contribution in [0.3, 0.4) is 0 Å². The fourth-order valence-corrected chi connectivity index (χ4v) is 1.85. The van der Waals surface area contributed by atoms with E-state index >= 15 is 0 Å². The fraction of sp³-hybridized carbons (Fsp3) is 0.333. The minimum absolute atomic E-state index is 0.00542. The maximum atomic E-state index is 11.7. The second-order valence-electron chi connectivity index (χ2n) is 4.18. The molecule has 0 atom stereocenters.